The Labute approximate surface area is 116 Å². The summed E-state index contributed by atoms with van der Waals surface area (Å²) >= 11 is 1.23. The van der Waals surface area contributed by atoms with Crippen LogP contribution in [0.25, 0.3) is 0 Å². The van der Waals surface area contributed by atoms with Gasteiger partial charge in [0.25, 0.3) is 0 Å². The summed E-state index contributed by atoms with van der Waals surface area (Å²) in [5.74, 6) is 0.0938. The number of nitrogens with zero attached hydrogens (tertiary/aromatic N) is 1. The van der Waals surface area contributed by atoms with E-state index in [1.807, 2.05) is 0 Å². The molecule has 0 aromatic heterocycles. The van der Waals surface area contributed by atoms with Gasteiger partial charge in [-0.05, 0) is 0 Å². The zero-order valence-electron chi connectivity index (χ0n) is 10.8. The van der Waals surface area contributed by atoms with Gasteiger partial charge in [-0.2, -0.15) is 0 Å². The molecular weight excluding hydrogens is 270 g/mol. The molecule has 1 aliphatic heterocycles. The molecule has 0 unspecified atom stereocenters. The fraction of sp³-hybridized carbons (Fsp3) is 0.727. The molecule has 8 heteroatoms. The molecule has 0 aliphatic carbocycles. The number of carbonyl (C=O) groups excluding carboxylic acids is 3. The van der Waals surface area contributed by atoms with E-state index in [1.54, 1.807) is 7.05 Å². The van der Waals surface area contributed by atoms with Gasteiger partial charge in [0, 0.05) is 26.7 Å². The van der Waals surface area contributed by atoms with Crippen molar-refractivity contribution in [3.8, 4) is 0 Å². The van der Waals surface area contributed by atoms with Gasteiger partial charge < -0.3 is 20.6 Å². The summed E-state index contributed by atoms with van der Waals surface area (Å²) < 4.78 is 0. The summed E-state index contributed by atoms with van der Waals surface area (Å²) in [6, 6.07) is 0. The Morgan fingerprint density at radius 3 is 2.68 bits per heavy atom. The Morgan fingerprint density at radius 1 is 1.42 bits per heavy atom. The van der Waals surface area contributed by atoms with Gasteiger partial charge in [-0.1, -0.05) is 0 Å². The molecule has 7 nitrogen and oxygen atoms in total. The molecule has 1 aliphatic rings. The zero-order chi connectivity index (χ0) is 14.3. The lowest BCUT2D eigenvalue weighted by atomic mass is 10.3. The smallest absolute Gasteiger partial charge is 0.230 e. The zero-order valence-corrected chi connectivity index (χ0v) is 11.7. The van der Waals surface area contributed by atoms with Crippen molar-refractivity contribution in [3.63, 3.8) is 0 Å². The number of hydrogen-bond acceptors (Lipinski definition) is 5. The van der Waals surface area contributed by atoms with E-state index in [9.17, 15) is 19.5 Å². The van der Waals surface area contributed by atoms with Crippen molar-refractivity contribution in [3.05, 3.63) is 0 Å². The quantitative estimate of drug-likeness (QED) is 0.512. The van der Waals surface area contributed by atoms with E-state index < -0.39 is 6.10 Å². The van der Waals surface area contributed by atoms with Gasteiger partial charge in [0.05, 0.1) is 24.0 Å². The molecular formula is C11H19N3O4S. The molecule has 0 spiro atoms. The second-order valence-electron chi connectivity index (χ2n) is 4.21. The first-order valence-electron chi connectivity index (χ1n) is 6.03. The van der Waals surface area contributed by atoms with Crippen LogP contribution in [0.3, 0.4) is 0 Å². The van der Waals surface area contributed by atoms with E-state index in [1.165, 1.54) is 16.7 Å². The molecule has 1 saturated heterocycles. The Bertz CT molecular complexity index is 351. The van der Waals surface area contributed by atoms with Crippen LogP contribution in [0.1, 0.15) is 6.42 Å². The summed E-state index contributed by atoms with van der Waals surface area (Å²) in [4.78, 5) is 35.2. The Hall–Kier alpha value is -1.28. The van der Waals surface area contributed by atoms with Crippen LogP contribution < -0.4 is 10.6 Å². The Kier molecular flexibility index (Phi) is 6.65. The van der Waals surface area contributed by atoms with Crippen molar-refractivity contribution in [2.24, 2.45) is 0 Å². The summed E-state index contributed by atoms with van der Waals surface area (Å²) in [6.45, 7) is 1.10. The molecule has 3 amide bonds. The molecule has 1 rings (SSSR count). The van der Waals surface area contributed by atoms with Crippen molar-refractivity contribution in [2.45, 2.75) is 12.5 Å². The van der Waals surface area contributed by atoms with Crippen molar-refractivity contribution < 1.29 is 19.5 Å². The van der Waals surface area contributed by atoms with Crippen LogP contribution in [-0.4, -0.2) is 72.0 Å². The number of rotatable bonds is 7. The first-order valence-corrected chi connectivity index (χ1v) is 7.19. The van der Waals surface area contributed by atoms with Crippen molar-refractivity contribution in [2.75, 3.05) is 38.2 Å². The molecule has 19 heavy (non-hydrogen) atoms. The van der Waals surface area contributed by atoms with Crippen molar-refractivity contribution in [1.29, 1.82) is 0 Å². The predicted octanol–water partition coefficient (Wildman–Crippen LogP) is -1.82. The molecule has 0 bridgehead atoms. The van der Waals surface area contributed by atoms with Crippen LogP contribution >= 0.6 is 11.8 Å². The van der Waals surface area contributed by atoms with E-state index in [4.69, 9.17) is 0 Å². The maximum Gasteiger partial charge on any atom is 0.230 e. The fourth-order valence-corrected chi connectivity index (χ4v) is 2.38. The molecule has 1 fully saturated rings. The first kappa shape index (κ1) is 15.8. The molecule has 1 atom stereocenters. The summed E-state index contributed by atoms with van der Waals surface area (Å²) in [5.41, 5.74) is 0. The molecule has 108 valence electrons. The van der Waals surface area contributed by atoms with Crippen LogP contribution in [0.2, 0.25) is 0 Å². The van der Waals surface area contributed by atoms with E-state index in [-0.39, 0.29) is 35.6 Å². The second kappa shape index (κ2) is 8.00. The van der Waals surface area contributed by atoms with Crippen LogP contribution in [0.4, 0.5) is 0 Å². The maximum atomic E-state index is 11.4. The topological polar surface area (TPSA) is 98.7 Å². The van der Waals surface area contributed by atoms with Crippen LogP contribution in [0.15, 0.2) is 0 Å². The van der Waals surface area contributed by atoms with E-state index in [0.717, 1.165) is 0 Å². The normalized spacial score (nSPS) is 18.5. The average Bonchev–Trinajstić information content (AvgIpc) is 2.67. The number of carbonyl (C=O) groups is 3. The van der Waals surface area contributed by atoms with Gasteiger partial charge >= 0.3 is 0 Å². The minimum atomic E-state index is -0.591. The number of nitrogens with one attached hydrogen (secondary N) is 2. The van der Waals surface area contributed by atoms with Crippen LogP contribution in [0.5, 0.6) is 0 Å². The van der Waals surface area contributed by atoms with Gasteiger partial charge in [-0.3, -0.25) is 14.4 Å². The fourth-order valence-electron chi connectivity index (χ4n) is 1.66. The minimum Gasteiger partial charge on any atom is -0.391 e. The van der Waals surface area contributed by atoms with Crippen molar-refractivity contribution >= 4 is 29.5 Å². The van der Waals surface area contributed by atoms with Gasteiger partial charge in [-0.25, -0.2) is 0 Å². The lowest BCUT2D eigenvalue weighted by molar-refractivity contribution is -0.128. The highest BCUT2D eigenvalue weighted by atomic mass is 32.2. The largest absolute Gasteiger partial charge is 0.391 e. The van der Waals surface area contributed by atoms with Gasteiger partial charge in [-0.15, -0.1) is 11.8 Å². The minimum absolute atomic E-state index is 0.0873. The molecule has 0 saturated carbocycles. The number of aliphatic hydroxyl groups is 1. The van der Waals surface area contributed by atoms with Crippen LogP contribution in [-0.2, 0) is 14.4 Å². The predicted molar refractivity (Wildman–Crippen MR) is 71.6 cm³/mol. The number of thioether (sulfide) groups is 1. The van der Waals surface area contributed by atoms with Gasteiger partial charge in [0.1, 0.15) is 0 Å². The summed E-state index contributed by atoms with van der Waals surface area (Å²) in [7, 11) is 1.55. The highest BCUT2D eigenvalue weighted by Crippen LogP contribution is 2.09. The number of hydrogen-bond donors (Lipinski definition) is 3. The lowest BCUT2D eigenvalue weighted by Crippen LogP contribution is -2.36. The van der Waals surface area contributed by atoms with Gasteiger partial charge in [0.2, 0.25) is 17.7 Å². The summed E-state index contributed by atoms with van der Waals surface area (Å²) in [5, 5.41) is 14.4. The molecule has 3 N–H and O–H groups in total. The monoisotopic (exact) mass is 289 g/mol. The van der Waals surface area contributed by atoms with E-state index >= 15 is 0 Å². The highest BCUT2D eigenvalue weighted by molar-refractivity contribution is 8.00. The number of likely N-dealkylation sites (tertiary alicyclic amines) is 1. The third-order valence-corrected chi connectivity index (χ3v) is 3.58. The third kappa shape index (κ3) is 5.93. The van der Waals surface area contributed by atoms with Crippen LogP contribution in [0, 0.1) is 0 Å². The number of amides is 3. The molecule has 1 heterocycles. The third-order valence-electron chi connectivity index (χ3n) is 2.64. The lowest BCUT2D eigenvalue weighted by Gasteiger charge is -2.15. The molecule has 0 radical (unpaired) electrons. The molecule has 0 aromatic carbocycles. The Balaban J connectivity index is 2.07. The number of β-amino-alcohol motifs (C(OH)–C–C–N with tert-alkyl or cyclic N) is 1. The second-order valence-corrected chi connectivity index (χ2v) is 5.20. The van der Waals surface area contributed by atoms with E-state index in [0.29, 0.717) is 19.6 Å². The Morgan fingerprint density at radius 2 is 2.11 bits per heavy atom. The first-order chi connectivity index (χ1) is 9.02. The van der Waals surface area contributed by atoms with E-state index in [2.05, 4.69) is 10.6 Å². The standard InChI is InChI=1S/C11H19N3O4S/c1-12-9(16)6-19-7-10(17)13-2-3-14-5-8(15)4-11(14)18/h8,15H,2-7H2,1H3,(H,12,16)(H,13,17)/t8-/m1/s1. The van der Waals surface area contributed by atoms with Crippen molar-refractivity contribution in [1.82, 2.24) is 15.5 Å². The van der Waals surface area contributed by atoms with Gasteiger partial charge in [0.15, 0.2) is 0 Å². The maximum absolute atomic E-state index is 11.4. The highest BCUT2D eigenvalue weighted by Gasteiger charge is 2.27. The average molecular weight is 289 g/mol. The number of aliphatic hydroxyl groups excluding tert-OH is 1. The molecule has 0 aromatic rings. The SMILES string of the molecule is CNC(=O)CSCC(=O)NCCN1C[C@H](O)CC1=O. The summed E-state index contributed by atoms with van der Waals surface area (Å²) in [6.07, 6.45) is -0.429.